The van der Waals surface area contributed by atoms with Crippen LogP contribution in [0, 0.1) is 0 Å². The number of halogens is 2. The second-order valence-electron chi connectivity index (χ2n) is 5.53. The summed E-state index contributed by atoms with van der Waals surface area (Å²) < 4.78 is 1.76. The molecule has 0 aliphatic heterocycles. The molecule has 0 saturated heterocycles. The fourth-order valence-corrected chi connectivity index (χ4v) is 3.80. The normalized spacial score (nSPS) is 12.1. The van der Waals surface area contributed by atoms with E-state index in [0.29, 0.717) is 14.8 Å². The average molecular weight is 414 g/mol. The van der Waals surface area contributed by atoms with Gasteiger partial charge in [-0.2, -0.15) is 5.10 Å². The highest BCUT2D eigenvalue weighted by Crippen LogP contribution is 2.30. The lowest BCUT2D eigenvalue weighted by Gasteiger charge is -2.06. The fourth-order valence-electron chi connectivity index (χ4n) is 2.45. The predicted molar refractivity (Wildman–Crippen MR) is 111 cm³/mol. The van der Waals surface area contributed by atoms with Gasteiger partial charge in [0, 0.05) is 28.4 Å². The van der Waals surface area contributed by atoms with Crippen LogP contribution in [0.4, 0.5) is 5.69 Å². The second-order valence-corrected chi connectivity index (χ2v) is 7.21. The van der Waals surface area contributed by atoms with Crippen molar-refractivity contribution < 1.29 is 0 Å². The highest BCUT2D eigenvalue weighted by Gasteiger charge is 2.11. The number of H-pyrrole nitrogens is 1. The Morgan fingerprint density at radius 1 is 1.15 bits per heavy atom. The highest BCUT2D eigenvalue weighted by molar-refractivity contribution is 7.07. The summed E-state index contributed by atoms with van der Waals surface area (Å²) in [5.41, 5.74) is 3.28. The fraction of sp³-hybridized carbons (Fsp3) is 0. The number of pyridine rings is 1. The molecular weight excluding hydrogens is 401 g/mol. The summed E-state index contributed by atoms with van der Waals surface area (Å²) in [6.45, 7) is 0. The molecule has 0 saturated carbocycles. The van der Waals surface area contributed by atoms with Gasteiger partial charge in [-0.05, 0) is 42.5 Å². The molecule has 27 heavy (non-hydrogen) atoms. The first kappa shape index (κ1) is 17.7. The van der Waals surface area contributed by atoms with Crippen LogP contribution in [0.2, 0.25) is 10.0 Å². The minimum atomic E-state index is 0.553. The number of benzene rings is 1. The van der Waals surface area contributed by atoms with Crippen LogP contribution in [0.3, 0.4) is 0 Å². The summed E-state index contributed by atoms with van der Waals surface area (Å²) >= 11 is 13.9. The van der Waals surface area contributed by atoms with Crippen molar-refractivity contribution in [2.24, 2.45) is 10.1 Å². The zero-order valence-electron chi connectivity index (χ0n) is 13.9. The van der Waals surface area contributed by atoms with Crippen molar-refractivity contribution in [1.82, 2.24) is 14.6 Å². The Labute approximate surface area is 169 Å². The van der Waals surface area contributed by atoms with Gasteiger partial charge in [0.2, 0.25) is 4.80 Å². The summed E-state index contributed by atoms with van der Waals surface area (Å²) in [5.74, 6) is 0. The van der Waals surface area contributed by atoms with E-state index in [-0.39, 0.29) is 0 Å². The van der Waals surface area contributed by atoms with E-state index >= 15 is 0 Å². The van der Waals surface area contributed by atoms with Crippen LogP contribution >= 0.6 is 34.5 Å². The third kappa shape index (κ3) is 4.03. The first-order chi connectivity index (χ1) is 13.2. The van der Waals surface area contributed by atoms with E-state index in [2.05, 4.69) is 20.1 Å². The van der Waals surface area contributed by atoms with Crippen molar-refractivity contribution in [3.05, 3.63) is 87.0 Å². The smallest absolute Gasteiger partial charge is 0.211 e. The molecular formula is C19H13Cl2N5S. The molecule has 4 rings (SSSR count). The minimum Gasteiger partial charge on any atom is -0.360 e. The van der Waals surface area contributed by atoms with E-state index in [1.807, 2.05) is 41.9 Å². The van der Waals surface area contributed by atoms with Crippen LogP contribution in [-0.4, -0.2) is 20.9 Å². The Morgan fingerprint density at radius 3 is 2.81 bits per heavy atom. The number of rotatable bonds is 4. The van der Waals surface area contributed by atoms with Crippen LogP contribution in [-0.2, 0) is 0 Å². The molecule has 0 atom stereocenters. The quantitative estimate of drug-likeness (QED) is 0.449. The zero-order valence-corrected chi connectivity index (χ0v) is 16.2. The lowest BCUT2D eigenvalue weighted by Crippen LogP contribution is -2.11. The van der Waals surface area contributed by atoms with E-state index < -0.39 is 0 Å². The maximum Gasteiger partial charge on any atom is 0.211 e. The van der Waals surface area contributed by atoms with Crippen LogP contribution in [0.15, 0.2) is 76.5 Å². The molecule has 1 N–H and O–H groups in total. The lowest BCUT2D eigenvalue weighted by atomic mass is 10.2. The number of hydrogen-bond donors (Lipinski definition) is 1. The Kier molecular flexibility index (Phi) is 5.20. The summed E-state index contributed by atoms with van der Waals surface area (Å²) in [6.07, 6.45) is 7.00. The molecule has 0 unspecified atom stereocenters. The summed E-state index contributed by atoms with van der Waals surface area (Å²) in [7, 11) is 0. The minimum absolute atomic E-state index is 0.553. The molecule has 3 heterocycles. The van der Waals surface area contributed by atoms with Gasteiger partial charge in [-0.15, -0.1) is 11.3 Å². The number of nitrogens with one attached hydrogen (secondary N) is 1. The molecule has 3 aromatic heterocycles. The predicted octanol–water partition coefficient (Wildman–Crippen LogP) is 5.36. The molecule has 0 amide bonds. The molecule has 5 nitrogen and oxygen atoms in total. The van der Waals surface area contributed by atoms with Crippen LogP contribution < -0.4 is 4.80 Å². The largest absolute Gasteiger partial charge is 0.360 e. The van der Waals surface area contributed by atoms with Crippen LogP contribution in [0.1, 0.15) is 5.69 Å². The van der Waals surface area contributed by atoms with Gasteiger partial charge < -0.3 is 4.98 Å². The lowest BCUT2D eigenvalue weighted by molar-refractivity contribution is 0.853. The van der Waals surface area contributed by atoms with Gasteiger partial charge in [0.15, 0.2) is 0 Å². The van der Waals surface area contributed by atoms with Crippen molar-refractivity contribution in [3.63, 3.8) is 0 Å². The molecule has 0 aliphatic carbocycles. The maximum atomic E-state index is 6.41. The summed E-state index contributed by atoms with van der Waals surface area (Å²) in [4.78, 5) is 12.6. The molecule has 134 valence electrons. The Bertz CT molecular complexity index is 1140. The number of nitrogens with zero attached hydrogens (tertiary/aromatic N) is 4. The van der Waals surface area contributed by atoms with E-state index in [4.69, 9.17) is 23.2 Å². The molecule has 4 aromatic rings. The van der Waals surface area contributed by atoms with Gasteiger partial charge in [0.05, 0.1) is 34.5 Å². The van der Waals surface area contributed by atoms with Gasteiger partial charge in [-0.3, -0.25) is 4.98 Å². The van der Waals surface area contributed by atoms with Crippen molar-refractivity contribution in [3.8, 4) is 11.3 Å². The van der Waals surface area contributed by atoms with E-state index in [0.717, 1.165) is 22.6 Å². The molecule has 0 spiro atoms. The van der Waals surface area contributed by atoms with E-state index in [1.54, 1.807) is 35.4 Å². The Balaban J connectivity index is 1.88. The zero-order chi connectivity index (χ0) is 18.6. The summed E-state index contributed by atoms with van der Waals surface area (Å²) in [5, 5.41) is 7.72. The third-order valence-electron chi connectivity index (χ3n) is 3.70. The standard InChI is InChI=1S/C19H13Cl2N5S/c20-13-5-6-16(17(21)9-13)18-12-27-19(25-15-4-1-7-22-10-15)26(18)24-11-14-3-2-8-23-14/h1-12,23H. The Hall–Kier alpha value is -2.67. The number of aromatic amines is 1. The first-order valence-electron chi connectivity index (χ1n) is 7.99. The summed E-state index contributed by atoms with van der Waals surface area (Å²) in [6, 6.07) is 13.0. The van der Waals surface area contributed by atoms with Crippen LogP contribution in [0.5, 0.6) is 0 Å². The van der Waals surface area contributed by atoms with Crippen molar-refractivity contribution in [2.45, 2.75) is 0 Å². The SMILES string of the molecule is Clc1ccc(-c2csc(=Nc3cccnc3)n2N=Cc2ccc[nH]2)c(Cl)c1. The molecule has 0 radical (unpaired) electrons. The van der Waals surface area contributed by atoms with Gasteiger partial charge in [-0.25, -0.2) is 9.67 Å². The molecule has 8 heteroatoms. The van der Waals surface area contributed by atoms with Gasteiger partial charge in [0.25, 0.3) is 0 Å². The van der Waals surface area contributed by atoms with Crippen LogP contribution in [0.25, 0.3) is 11.3 Å². The van der Waals surface area contributed by atoms with Crippen molar-refractivity contribution in [2.75, 3.05) is 0 Å². The second kappa shape index (κ2) is 7.92. The van der Waals surface area contributed by atoms with E-state index in [9.17, 15) is 0 Å². The third-order valence-corrected chi connectivity index (χ3v) is 5.06. The topological polar surface area (TPSA) is 58.3 Å². The number of thiazole rings is 1. The monoisotopic (exact) mass is 413 g/mol. The average Bonchev–Trinajstić information content (AvgIpc) is 3.31. The first-order valence-corrected chi connectivity index (χ1v) is 9.63. The van der Waals surface area contributed by atoms with E-state index in [1.165, 1.54) is 11.3 Å². The molecule has 0 fully saturated rings. The van der Waals surface area contributed by atoms with Crippen molar-refractivity contribution in [1.29, 1.82) is 0 Å². The molecule has 0 aliphatic rings. The van der Waals surface area contributed by atoms with Gasteiger partial charge >= 0.3 is 0 Å². The highest BCUT2D eigenvalue weighted by atomic mass is 35.5. The van der Waals surface area contributed by atoms with Gasteiger partial charge in [-0.1, -0.05) is 23.2 Å². The molecule has 1 aromatic carbocycles. The number of hydrogen-bond acceptors (Lipinski definition) is 4. The van der Waals surface area contributed by atoms with Crippen molar-refractivity contribution >= 4 is 46.4 Å². The van der Waals surface area contributed by atoms with Gasteiger partial charge in [0.1, 0.15) is 0 Å². The Morgan fingerprint density at radius 2 is 2.07 bits per heavy atom. The molecule has 0 bridgehead atoms. The number of aromatic nitrogens is 3. The maximum absolute atomic E-state index is 6.41.